The maximum Gasteiger partial charge on any atom is 0.375 e. The average Bonchev–Trinajstić information content (AvgIpc) is 3.34. The summed E-state index contributed by atoms with van der Waals surface area (Å²) in [6.07, 6.45) is -1.89. The van der Waals surface area contributed by atoms with Gasteiger partial charge in [0.25, 0.3) is 0 Å². The van der Waals surface area contributed by atoms with Crippen molar-refractivity contribution >= 4 is 17.5 Å². The minimum absolute atomic E-state index is 0.0462. The van der Waals surface area contributed by atoms with Crippen LogP contribution < -0.4 is 0 Å². The van der Waals surface area contributed by atoms with Gasteiger partial charge in [-0.05, 0) is 49.2 Å². The Morgan fingerprint density at radius 3 is 2.33 bits per heavy atom. The van der Waals surface area contributed by atoms with E-state index >= 15 is 0 Å². The lowest BCUT2D eigenvalue weighted by Gasteiger charge is -2.28. The van der Waals surface area contributed by atoms with Crippen LogP contribution in [0, 0.1) is 0 Å². The maximum atomic E-state index is 13.0. The molecular weight excluding hydrogens is 432 g/mol. The van der Waals surface area contributed by atoms with E-state index in [-0.39, 0.29) is 34.6 Å². The second-order valence-corrected chi connectivity index (χ2v) is 8.64. The van der Waals surface area contributed by atoms with Crippen LogP contribution in [0.4, 0.5) is 0 Å². The highest BCUT2D eigenvalue weighted by atomic mass is 16.6. The Labute approximate surface area is 189 Å². The third-order valence-electron chi connectivity index (χ3n) is 5.98. The van der Waals surface area contributed by atoms with Crippen molar-refractivity contribution in [2.24, 2.45) is 0 Å². The van der Waals surface area contributed by atoms with E-state index in [1.165, 1.54) is 42.5 Å². The molecule has 2 aliphatic rings. The Balaban J connectivity index is 1.78. The van der Waals surface area contributed by atoms with E-state index in [1.54, 1.807) is 0 Å². The number of cyclic esters (lactones) is 1. The van der Waals surface area contributed by atoms with E-state index in [2.05, 4.69) is 0 Å². The van der Waals surface area contributed by atoms with E-state index in [4.69, 9.17) is 14.2 Å². The lowest BCUT2D eigenvalue weighted by Crippen LogP contribution is -2.44. The van der Waals surface area contributed by atoms with Crippen molar-refractivity contribution in [2.75, 3.05) is 7.11 Å². The molecule has 0 saturated carbocycles. The number of aromatic hydroxyl groups is 2. The molecule has 1 saturated heterocycles. The number of carbonyl (C=O) groups excluding carboxylic acids is 2. The van der Waals surface area contributed by atoms with Gasteiger partial charge < -0.3 is 34.6 Å². The fraction of sp³-hybridized carbons (Fsp3) is 0.333. The van der Waals surface area contributed by atoms with Gasteiger partial charge in [0.1, 0.15) is 23.7 Å². The van der Waals surface area contributed by atoms with Crippen LogP contribution in [0.15, 0.2) is 48.2 Å². The zero-order valence-corrected chi connectivity index (χ0v) is 18.2. The lowest BCUT2D eigenvalue weighted by molar-refractivity contribution is -0.169. The molecule has 2 aromatic rings. The van der Waals surface area contributed by atoms with Gasteiger partial charge >= 0.3 is 11.9 Å². The van der Waals surface area contributed by atoms with Gasteiger partial charge in [0.05, 0.1) is 18.3 Å². The quantitative estimate of drug-likeness (QED) is 0.380. The van der Waals surface area contributed by atoms with Crippen molar-refractivity contribution in [3.63, 3.8) is 0 Å². The number of epoxide rings is 1. The first kappa shape index (κ1) is 22.6. The summed E-state index contributed by atoms with van der Waals surface area (Å²) in [5.41, 5.74) is -1.80. The number of aliphatic hydroxyl groups is 2. The molecule has 0 amide bonds. The van der Waals surface area contributed by atoms with E-state index in [0.29, 0.717) is 5.56 Å². The summed E-state index contributed by atoms with van der Waals surface area (Å²) in [5, 5.41) is 41.1. The standard InChI is InChI=1S/C24H24O9/c1-23(2)20(32-23)18(27)15-10-12(4-9-16(15)26)11-24(22(30)31-3)17(19(28)21(29)33-24)13-5-7-14(25)8-6-13/h4-10,18,20,25-28H,11H2,1-3H3. The first-order chi connectivity index (χ1) is 15.5. The molecule has 174 valence electrons. The molecule has 0 spiro atoms. The van der Waals surface area contributed by atoms with E-state index < -0.39 is 41.1 Å². The van der Waals surface area contributed by atoms with Crippen LogP contribution >= 0.6 is 0 Å². The zero-order chi connectivity index (χ0) is 24.1. The van der Waals surface area contributed by atoms with Crippen LogP contribution in [0.3, 0.4) is 0 Å². The first-order valence-corrected chi connectivity index (χ1v) is 10.2. The molecule has 2 aliphatic heterocycles. The summed E-state index contributed by atoms with van der Waals surface area (Å²) in [5.74, 6) is -2.99. The van der Waals surface area contributed by atoms with Crippen LogP contribution in [0.1, 0.15) is 36.6 Å². The molecule has 0 aromatic heterocycles. The number of aliphatic hydroxyl groups excluding tert-OH is 2. The van der Waals surface area contributed by atoms with Crippen LogP contribution in [0.5, 0.6) is 11.5 Å². The molecule has 0 aliphatic carbocycles. The van der Waals surface area contributed by atoms with Crippen molar-refractivity contribution in [1.29, 1.82) is 0 Å². The van der Waals surface area contributed by atoms with Crippen LogP contribution in [0.25, 0.3) is 5.57 Å². The minimum atomic E-state index is -2.03. The number of hydrogen-bond donors (Lipinski definition) is 4. The molecule has 4 N–H and O–H groups in total. The number of methoxy groups -OCH3 is 1. The Kier molecular flexibility index (Phi) is 5.34. The van der Waals surface area contributed by atoms with Gasteiger partial charge in [-0.3, -0.25) is 0 Å². The Morgan fingerprint density at radius 2 is 1.76 bits per heavy atom. The average molecular weight is 456 g/mol. The van der Waals surface area contributed by atoms with Crippen molar-refractivity contribution in [1.82, 2.24) is 0 Å². The third kappa shape index (κ3) is 3.79. The molecule has 9 heteroatoms. The van der Waals surface area contributed by atoms with Crippen LogP contribution in [-0.2, 0) is 30.2 Å². The summed E-state index contributed by atoms with van der Waals surface area (Å²) in [6.45, 7) is 3.62. The van der Waals surface area contributed by atoms with Gasteiger partial charge in [-0.1, -0.05) is 18.2 Å². The minimum Gasteiger partial charge on any atom is -0.508 e. The van der Waals surface area contributed by atoms with Crippen LogP contribution in [0.2, 0.25) is 0 Å². The molecule has 2 heterocycles. The number of carbonyl (C=O) groups is 2. The van der Waals surface area contributed by atoms with Gasteiger partial charge in [0, 0.05) is 12.0 Å². The number of rotatable bonds is 6. The molecule has 3 unspecified atom stereocenters. The number of esters is 2. The van der Waals surface area contributed by atoms with Gasteiger partial charge in [0.2, 0.25) is 11.4 Å². The highest BCUT2D eigenvalue weighted by molar-refractivity contribution is 6.11. The Hall–Kier alpha value is -3.56. The first-order valence-electron chi connectivity index (χ1n) is 10.2. The number of benzene rings is 2. The topological polar surface area (TPSA) is 146 Å². The number of ether oxygens (including phenoxy) is 3. The second-order valence-electron chi connectivity index (χ2n) is 8.64. The SMILES string of the molecule is COC(=O)C1(Cc2ccc(O)c(C(O)C3OC3(C)C)c2)OC(=O)C(O)=C1c1ccc(O)cc1. The number of phenolic OH excluding ortho intramolecular Hbond substituents is 2. The van der Waals surface area contributed by atoms with Crippen molar-refractivity contribution in [3.8, 4) is 11.5 Å². The number of phenols is 2. The van der Waals surface area contributed by atoms with Crippen molar-refractivity contribution in [2.45, 2.75) is 43.7 Å². The molecule has 1 fully saturated rings. The molecule has 0 radical (unpaired) electrons. The Morgan fingerprint density at radius 1 is 1.12 bits per heavy atom. The molecule has 33 heavy (non-hydrogen) atoms. The monoisotopic (exact) mass is 456 g/mol. The molecule has 3 atom stereocenters. The smallest absolute Gasteiger partial charge is 0.375 e. The highest BCUT2D eigenvalue weighted by Crippen LogP contribution is 2.47. The fourth-order valence-corrected chi connectivity index (χ4v) is 4.19. The van der Waals surface area contributed by atoms with Crippen LogP contribution in [-0.4, -0.2) is 56.8 Å². The zero-order valence-electron chi connectivity index (χ0n) is 18.2. The third-order valence-corrected chi connectivity index (χ3v) is 5.98. The van der Waals surface area contributed by atoms with E-state index in [9.17, 15) is 30.0 Å². The van der Waals surface area contributed by atoms with Crippen molar-refractivity contribution in [3.05, 3.63) is 64.9 Å². The van der Waals surface area contributed by atoms with E-state index in [0.717, 1.165) is 7.11 Å². The fourth-order valence-electron chi connectivity index (χ4n) is 4.19. The summed E-state index contributed by atoms with van der Waals surface area (Å²) in [7, 11) is 1.13. The second kappa shape index (κ2) is 7.79. The molecular formula is C24H24O9. The van der Waals surface area contributed by atoms with Gasteiger partial charge in [0.15, 0.2) is 0 Å². The van der Waals surface area contributed by atoms with Gasteiger partial charge in [-0.15, -0.1) is 0 Å². The molecule has 9 nitrogen and oxygen atoms in total. The van der Waals surface area contributed by atoms with E-state index in [1.807, 2.05) is 13.8 Å². The maximum absolute atomic E-state index is 13.0. The highest BCUT2D eigenvalue weighted by Gasteiger charge is 2.56. The number of hydrogen-bond acceptors (Lipinski definition) is 9. The Bertz CT molecular complexity index is 1150. The normalized spacial score (nSPS) is 24.4. The van der Waals surface area contributed by atoms with Gasteiger partial charge in [-0.2, -0.15) is 0 Å². The summed E-state index contributed by atoms with van der Waals surface area (Å²) < 4.78 is 15.8. The predicted molar refractivity (Wildman–Crippen MR) is 114 cm³/mol. The van der Waals surface area contributed by atoms with Gasteiger partial charge in [-0.25, -0.2) is 9.59 Å². The predicted octanol–water partition coefficient (Wildman–Crippen LogP) is 2.29. The molecule has 4 rings (SSSR count). The summed E-state index contributed by atoms with van der Waals surface area (Å²) >= 11 is 0. The lowest BCUT2D eigenvalue weighted by atomic mass is 9.82. The largest absolute Gasteiger partial charge is 0.508 e. The van der Waals surface area contributed by atoms with Crippen molar-refractivity contribution < 1.29 is 44.2 Å². The summed E-state index contributed by atoms with van der Waals surface area (Å²) in [6, 6.07) is 9.89. The summed E-state index contributed by atoms with van der Waals surface area (Å²) in [4.78, 5) is 25.3. The molecule has 0 bridgehead atoms. The molecule has 2 aromatic carbocycles.